The monoisotopic (exact) mass is 429 g/mol. The summed E-state index contributed by atoms with van der Waals surface area (Å²) in [5, 5.41) is 0. The maximum Gasteiger partial charge on any atom is 0.265 e. The number of amides is 1. The molecule has 2 N–H and O–H groups in total. The molecular weight excluding hydrogens is 402 g/mol. The zero-order valence-corrected chi connectivity index (χ0v) is 18.4. The van der Waals surface area contributed by atoms with E-state index in [0.29, 0.717) is 13.0 Å². The molecule has 0 aromatic heterocycles. The van der Waals surface area contributed by atoms with Crippen LogP contribution in [-0.2, 0) is 21.5 Å². The molecule has 6 nitrogen and oxygen atoms in total. The van der Waals surface area contributed by atoms with Crippen molar-refractivity contribution in [3.05, 3.63) is 83.4 Å². The van der Waals surface area contributed by atoms with Gasteiger partial charge in [0.2, 0.25) is 5.54 Å². The second kappa shape index (κ2) is 7.64. The minimum atomic E-state index is -1.34. The molecule has 2 heterocycles. The standard InChI is InChI=1S/C26H27N3O3/c1-29-23(30)26(28-24(29)27,21-12-13-22-19(16-21)11-7-15-32-22)25(31-2)14-6-10-20(17-25)18-8-4-3-5-9-18/h3-6,8-10,12-14,16H,7,11,15,17H2,1-2H3,(H2,27,28)/t25-,26?/m0/s1. The van der Waals surface area contributed by atoms with Crippen LogP contribution >= 0.6 is 0 Å². The number of aryl methyl sites for hydroxylation is 1. The van der Waals surface area contributed by atoms with Crippen LogP contribution in [0.3, 0.4) is 0 Å². The Bertz CT molecular complexity index is 1150. The SMILES string of the molecule is CO[C@@]1(C2(c3ccc4c(c3)CCCO4)N=C(N)N(C)C2=O)C=CC=C(c2ccccc2)C1. The fourth-order valence-electron chi connectivity index (χ4n) is 5.04. The number of aliphatic imine (C=N–C) groups is 1. The predicted octanol–water partition coefficient (Wildman–Crippen LogP) is 3.42. The highest BCUT2D eigenvalue weighted by atomic mass is 16.5. The highest BCUT2D eigenvalue weighted by molar-refractivity contribution is 6.08. The molecule has 32 heavy (non-hydrogen) atoms. The van der Waals surface area contributed by atoms with Crippen LogP contribution in [-0.4, -0.2) is 43.1 Å². The topological polar surface area (TPSA) is 77.2 Å². The van der Waals surface area contributed by atoms with Gasteiger partial charge in [-0.3, -0.25) is 9.69 Å². The number of likely N-dealkylation sites (N-methyl/N-ethyl adjacent to an activating group) is 1. The second-order valence-corrected chi connectivity index (χ2v) is 8.51. The van der Waals surface area contributed by atoms with Crippen molar-refractivity contribution in [1.29, 1.82) is 0 Å². The van der Waals surface area contributed by atoms with E-state index in [9.17, 15) is 4.79 Å². The Morgan fingerprint density at radius 3 is 2.72 bits per heavy atom. The van der Waals surface area contributed by atoms with Gasteiger partial charge in [-0.15, -0.1) is 0 Å². The Hall–Kier alpha value is -3.38. The summed E-state index contributed by atoms with van der Waals surface area (Å²) in [6, 6.07) is 16.0. The average Bonchev–Trinajstić information content (AvgIpc) is 3.09. The van der Waals surface area contributed by atoms with Crippen molar-refractivity contribution in [1.82, 2.24) is 4.90 Å². The highest BCUT2D eigenvalue weighted by Gasteiger charge is 2.62. The van der Waals surface area contributed by atoms with Crippen molar-refractivity contribution in [2.24, 2.45) is 10.7 Å². The number of rotatable bonds is 4. The molecule has 164 valence electrons. The molecule has 0 saturated heterocycles. The number of methoxy groups -OCH3 is 1. The molecule has 1 unspecified atom stereocenters. The largest absolute Gasteiger partial charge is 0.493 e. The van der Waals surface area contributed by atoms with Crippen LogP contribution in [0.2, 0.25) is 0 Å². The highest BCUT2D eigenvalue weighted by Crippen LogP contribution is 2.51. The van der Waals surface area contributed by atoms with Gasteiger partial charge >= 0.3 is 0 Å². The normalized spacial score (nSPS) is 26.9. The molecule has 2 atom stereocenters. The van der Waals surface area contributed by atoms with Gasteiger partial charge in [0.15, 0.2) is 5.96 Å². The van der Waals surface area contributed by atoms with Gasteiger partial charge in [0, 0.05) is 20.6 Å². The molecule has 0 fully saturated rings. The van der Waals surface area contributed by atoms with E-state index in [-0.39, 0.29) is 11.9 Å². The van der Waals surface area contributed by atoms with Gasteiger partial charge in [-0.2, -0.15) is 0 Å². The number of carbonyl (C=O) groups excluding carboxylic acids is 1. The number of benzene rings is 2. The van der Waals surface area contributed by atoms with E-state index >= 15 is 0 Å². The van der Waals surface area contributed by atoms with E-state index in [1.54, 1.807) is 14.2 Å². The zero-order chi connectivity index (χ0) is 22.3. The summed E-state index contributed by atoms with van der Waals surface area (Å²) in [7, 11) is 3.30. The molecule has 2 aromatic carbocycles. The van der Waals surface area contributed by atoms with Gasteiger partial charge in [0.1, 0.15) is 11.4 Å². The Morgan fingerprint density at radius 1 is 1.19 bits per heavy atom. The molecule has 5 rings (SSSR count). The molecule has 0 radical (unpaired) electrons. The Morgan fingerprint density at radius 2 is 2.00 bits per heavy atom. The third-order valence-corrected chi connectivity index (χ3v) is 6.80. The number of ether oxygens (including phenoxy) is 2. The summed E-state index contributed by atoms with van der Waals surface area (Å²) in [5.41, 5.74) is 7.85. The lowest BCUT2D eigenvalue weighted by Crippen LogP contribution is -2.57. The first-order valence-electron chi connectivity index (χ1n) is 10.9. The number of carbonyl (C=O) groups is 1. The lowest BCUT2D eigenvalue weighted by Gasteiger charge is -2.44. The summed E-state index contributed by atoms with van der Waals surface area (Å²) in [6.07, 6.45) is 8.29. The molecule has 2 aromatic rings. The summed E-state index contributed by atoms with van der Waals surface area (Å²) in [4.78, 5) is 20.1. The Labute approximate surface area is 188 Å². The molecule has 2 aliphatic heterocycles. The number of allylic oxidation sites excluding steroid dienone is 2. The van der Waals surface area contributed by atoms with E-state index in [1.807, 2.05) is 48.6 Å². The third kappa shape index (κ3) is 2.90. The van der Waals surface area contributed by atoms with Gasteiger partial charge in [0.05, 0.1) is 6.61 Å². The Kier molecular flexibility index (Phi) is 4.90. The van der Waals surface area contributed by atoms with Crippen LogP contribution < -0.4 is 10.5 Å². The average molecular weight is 430 g/mol. The van der Waals surface area contributed by atoms with Crippen molar-refractivity contribution in [2.45, 2.75) is 30.4 Å². The van der Waals surface area contributed by atoms with Gasteiger partial charge in [-0.25, -0.2) is 4.99 Å². The number of hydrogen-bond donors (Lipinski definition) is 1. The van der Waals surface area contributed by atoms with Crippen LogP contribution in [0.15, 0.2) is 71.8 Å². The van der Waals surface area contributed by atoms with E-state index in [4.69, 9.17) is 20.2 Å². The smallest absolute Gasteiger partial charge is 0.265 e. The molecule has 0 saturated carbocycles. The summed E-state index contributed by atoms with van der Waals surface area (Å²) in [6.45, 7) is 0.709. The summed E-state index contributed by atoms with van der Waals surface area (Å²) in [5.74, 6) is 0.846. The number of hydrogen-bond acceptors (Lipinski definition) is 5. The van der Waals surface area contributed by atoms with Gasteiger partial charge in [-0.1, -0.05) is 48.6 Å². The first-order chi connectivity index (χ1) is 15.5. The molecule has 0 spiro atoms. The summed E-state index contributed by atoms with van der Waals surface area (Å²) >= 11 is 0. The maximum absolute atomic E-state index is 13.9. The molecule has 3 aliphatic rings. The van der Waals surface area contributed by atoms with Crippen LogP contribution in [0.1, 0.15) is 29.5 Å². The van der Waals surface area contributed by atoms with Crippen LogP contribution in [0.4, 0.5) is 0 Å². The fourth-order valence-corrected chi connectivity index (χ4v) is 5.04. The molecule has 1 amide bonds. The zero-order valence-electron chi connectivity index (χ0n) is 18.4. The van der Waals surface area contributed by atoms with Gasteiger partial charge in [-0.05, 0) is 53.3 Å². The van der Waals surface area contributed by atoms with Gasteiger partial charge < -0.3 is 15.2 Å². The minimum Gasteiger partial charge on any atom is -0.493 e. The van der Waals surface area contributed by atoms with Crippen molar-refractivity contribution < 1.29 is 14.3 Å². The first kappa shape index (κ1) is 20.5. The number of guanidine groups is 1. The van der Waals surface area contributed by atoms with Crippen molar-refractivity contribution in [3.63, 3.8) is 0 Å². The quantitative estimate of drug-likeness (QED) is 0.808. The minimum absolute atomic E-state index is 0.185. The number of nitrogens with two attached hydrogens (primary N) is 1. The molecular formula is C26H27N3O3. The predicted molar refractivity (Wildman–Crippen MR) is 124 cm³/mol. The van der Waals surface area contributed by atoms with Crippen molar-refractivity contribution in [2.75, 3.05) is 20.8 Å². The first-order valence-corrected chi connectivity index (χ1v) is 10.9. The van der Waals surface area contributed by atoms with E-state index < -0.39 is 11.1 Å². The van der Waals surface area contributed by atoms with Crippen LogP contribution in [0.25, 0.3) is 5.57 Å². The summed E-state index contributed by atoms with van der Waals surface area (Å²) < 4.78 is 12.0. The van der Waals surface area contributed by atoms with Crippen molar-refractivity contribution >= 4 is 17.4 Å². The van der Waals surface area contributed by atoms with Crippen LogP contribution in [0, 0.1) is 0 Å². The molecule has 1 aliphatic carbocycles. The second-order valence-electron chi connectivity index (χ2n) is 8.51. The number of nitrogens with zero attached hydrogens (tertiary/aromatic N) is 2. The molecule has 6 heteroatoms. The van der Waals surface area contributed by atoms with E-state index in [1.165, 1.54) is 4.90 Å². The lowest BCUT2D eigenvalue weighted by atomic mass is 9.68. The van der Waals surface area contributed by atoms with E-state index in [0.717, 1.165) is 40.9 Å². The van der Waals surface area contributed by atoms with E-state index in [2.05, 4.69) is 18.2 Å². The lowest BCUT2D eigenvalue weighted by molar-refractivity contribution is -0.140. The Balaban J connectivity index is 1.69. The third-order valence-electron chi connectivity index (χ3n) is 6.80. The van der Waals surface area contributed by atoms with Crippen molar-refractivity contribution in [3.8, 4) is 5.75 Å². The van der Waals surface area contributed by atoms with Crippen LogP contribution in [0.5, 0.6) is 5.75 Å². The number of fused-ring (bicyclic) bond motifs is 1. The maximum atomic E-state index is 13.9. The molecule has 0 bridgehead atoms. The fraction of sp³-hybridized carbons (Fsp3) is 0.308. The van der Waals surface area contributed by atoms with Gasteiger partial charge in [0.25, 0.3) is 5.91 Å².